The van der Waals surface area contributed by atoms with Gasteiger partial charge in [-0.2, -0.15) is 0 Å². The summed E-state index contributed by atoms with van der Waals surface area (Å²) in [5, 5.41) is 3.27. The maximum Gasteiger partial charge on any atom is 0.241 e. The van der Waals surface area contributed by atoms with E-state index in [0.717, 1.165) is 61.7 Å². The van der Waals surface area contributed by atoms with Crippen molar-refractivity contribution in [3.63, 3.8) is 0 Å². The van der Waals surface area contributed by atoms with Crippen molar-refractivity contribution >= 4 is 23.1 Å². The van der Waals surface area contributed by atoms with E-state index < -0.39 is 0 Å². The Kier molecular flexibility index (Phi) is 5.63. The molecule has 1 unspecified atom stereocenters. The Hall–Kier alpha value is -3.25. The maximum atomic E-state index is 13.2. The summed E-state index contributed by atoms with van der Waals surface area (Å²) >= 11 is 0. The Morgan fingerprint density at radius 1 is 1.00 bits per heavy atom. The van der Waals surface area contributed by atoms with Gasteiger partial charge in [0.15, 0.2) is 0 Å². The average molecular weight is 414 g/mol. The van der Waals surface area contributed by atoms with E-state index in [0.29, 0.717) is 6.54 Å². The molecule has 0 radical (unpaired) electrons. The van der Waals surface area contributed by atoms with Crippen LogP contribution in [0.5, 0.6) is 0 Å². The van der Waals surface area contributed by atoms with Crippen LogP contribution < -0.4 is 10.2 Å². The van der Waals surface area contributed by atoms with E-state index in [1.54, 1.807) is 6.20 Å². The topological polar surface area (TPSA) is 61.4 Å². The summed E-state index contributed by atoms with van der Waals surface area (Å²) in [5.41, 5.74) is 4.29. The van der Waals surface area contributed by atoms with Crippen LogP contribution in [0.4, 0.5) is 17.2 Å². The molecule has 1 aromatic carbocycles. The van der Waals surface area contributed by atoms with Gasteiger partial charge in [-0.15, -0.1) is 0 Å². The van der Waals surface area contributed by atoms with Gasteiger partial charge in [-0.1, -0.05) is 24.3 Å². The number of nitrogens with one attached hydrogen (secondary N) is 1. The summed E-state index contributed by atoms with van der Waals surface area (Å²) in [6.45, 7) is 2.18. The highest BCUT2D eigenvalue weighted by molar-refractivity contribution is 5.96. The zero-order chi connectivity index (χ0) is 21.0. The lowest BCUT2D eigenvalue weighted by Crippen LogP contribution is -2.42. The van der Waals surface area contributed by atoms with E-state index in [9.17, 15) is 4.79 Å². The molecule has 1 saturated heterocycles. The molecule has 1 atom stereocenters. The molecule has 4 heterocycles. The summed E-state index contributed by atoms with van der Waals surface area (Å²) in [4.78, 5) is 26.5. The molecule has 0 bridgehead atoms. The molecular formula is C25H27N5O. The smallest absolute Gasteiger partial charge is 0.241 e. The number of pyridine rings is 2. The number of fused-ring (bicyclic) bond motifs is 1. The predicted octanol–water partition coefficient (Wildman–Crippen LogP) is 4.34. The number of hydrogen-bond acceptors (Lipinski definition) is 5. The molecule has 1 amide bonds. The molecule has 6 nitrogen and oxygen atoms in total. The van der Waals surface area contributed by atoms with Crippen LogP contribution in [-0.4, -0.2) is 40.4 Å². The normalized spacial score (nSPS) is 18.6. The number of aromatic nitrogens is 2. The molecule has 1 fully saturated rings. The third kappa shape index (κ3) is 4.30. The fourth-order valence-corrected chi connectivity index (χ4v) is 4.66. The second kappa shape index (κ2) is 8.86. The first kappa shape index (κ1) is 19.7. The quantitative estimate of drug-likeness (QED) is 0.674. The van der Waals surface area contributed by atoms with Gasteiger partial charge in [0, 0.05) is 18.4 Å². The first-order valence-electron chi connectivity index (χ1n) is 11.0. The summed E-state index contributed by atoms with van der Waals surface area (Å²) in [5.74, 6) is 0.986. The van der Waals surface area contributed by atoms with Crippen LogP contribution in [0.1, 0.15) is 36.6 Å². The number of para-hydroxylation sites is 1. The lowest BCUT2D eigenvalue weighted by atomic mass is 10.0. The van der Waals surface area contributed by atoms with Crippen molar-refractivity contribution in [2.45, 2.75) is 31.7 Å². The minimum Gasteiger partial charge on any atom is -0.339 e. The van der Waals surface area contributed by atoms with Gasteiger partial charge >= 0.3 is 0 Å². The lowest BCUT2D eigenvalue weighted by Gasteiger charge is -2.32. The van der Waals surface area contributed by atoms with Crippen molar-refractivity contribution in [2.24, 2.45) is 0 Å². The number of carbonyl (C=O) groups is 1. The summed E-state index contributed by atoms with van der Waals surface area (Å²) in [7, 11) is 0. The molecule has 2 aliphatic rings. The highest BCUT2D eigenvalue weighted by atomic mass is 16.2. The number of amides is 1. The van der Waals surface area contributed by atoms with E-state index in [1.165, 1.54) is 5.56 Å². The van der Waals surface area contributed by atoms with E-state index in [1.807, 2.05) is 41.4 Å². The number of rotatable bonds is 5. The van der Waals surface area contributed by atoms with Crippen LogP contribution in [0.25, 0.3) is 0 Å². The molecule has 1 N–H and O–H groups in total. The van der Waals surface area contributed by atoms with E-state index in [4.69, 9.17) is 4.98 Å². The maximum absolute atomic E-state index is 13.2. The minimum absolute atomic E-state index is 0.187. The summed E-state index contributed by atoms with van der Waals surface area (Å²) in [6.07, 6.45) is 7.81. The van der Waals surface area contributed by atoms with Gasteiger partial charge in [-0.3, -0.25) is 14.7 Å². The molecule has 2 aromatic heterocycles. The summed E-state index contributed by atoms with van der Waals surface area (Å²) in [6, 6.07) is 18.3. The average Bonchev–Trinajstić information content (AvgIpc) is 3.28. The highest BCUT2D eigenvalue weighted by Gasteiger charge is 2.31. The first-order chi connectivity index (χ1) is 15.3. The SMILES string of the molecule is O=C(CN1CCCC1c1ccc(Nc2ccccn2)cn1)N1CCCc2ccccc21. The van der Waals surface area contributed by atoms with Crippen LogP contribution in [-0.2, 0) is 11.2 Å². The number of nitrogens with zero attached hydrogens (tertiary/aromatic N) is 4. The van der Waals surface area contributed by atoms with E-state index in [2.05, 4.69) is 39.5 Å². The molecule has 31 heavy (non-hydrogen) atoms. The van der Waals surface area contributed by atoms with Gasteiger partial charge < -0.3 is 10.2 Å². The molecule has 3 aromatic rings. The van der Waals surface area contributed by atoms with Crippen LogP contribution in [0, 0.1) is 0 Å². The Morgan fingerprint density at radius 3 is 2.74 bits per heavy atom. The Labute approximate surface area is 182 Å². The molecule has 0 spiro atoms. The van der Waals surface area contributed by atoms with Crippen molar-refractivity contribution in [3.05, 3.63) is 78.2 Å². The second-order valence-corrected chi connectivity index (χ2v) is 8.22. The van der Waals surface area contributed by atoms with Gasteiger partial charge in [0.25, 0.3) is 0 Å². The molecule has 158 valence electrons. The van der Waals surface area contributed by atoms with Crippen LogP contribution in [0.2, 0.25) is 0 Å². The summed E-state index contributed by atoms with van der Waals surface area (Å²) < 4.78 is 0. The fraction of sp³-hybridized carbons (Fsp3) is 0.320. The van der Waals surface area contributed by atoms with Crippen molar-refractivity contribution in [2.75, 3.05) is 29.9 Å². The highest BCUT2D eigenvalue weighted by Crippen LogP contribution is 2.32. The molecule has 2 aliphatic heterocycles. The predicted molar refractivity (Wildman–Crippen MR) is 122 cm³/mol. The number of aryl methyl sites for hydroxylation is 1. The zero-order valence-electron chi connectivity index (χ0n) is 17.6. The largest absolute Gasteiger partial charge is 0.339 e. The van der Waals surface area contributed by atoms with Gasteiger partial charge in [0.2, 0.25) is 5.91 Å². The van der Waals surface area contributed by atoms with Crippen LogP contribution >= 0.6 is 0 Å². The van der Waals surface area contributed by atoms with Crippen LogP contribution in [0.3, 0.4) is 0 Å². The second-order valence-electron chi connectivity index (χ2n) is 8.22. The minimum atomic E-state index is 0.187. The Morgan fingerprint density at radius 2 is 1.90 bits per heavy atom. The number of likely N-dealkylation sites (tertiary alicyclic amines) is 1. The third-order valence-corrected chi connectivity index (χ3v) is 6.18. The standard InChI is InChI=1S/C25H27N5O/c31-25(30-16-5-8-19-7-1-2-9-22(19)30)18-29-15-6-10-23(29)21-13-12-20(17-27-21)28-24-11-3-4-14-26-24/h1-4,7,9,11-14,17,23H,5-6,8,10,15-16,18H2,(H,26,28). The van der Waals surface area contributed by atoms with E-state index >= 15 is 0 Å². The molecular weight excluding hydrogens is 386 g/mol. The number of benzene rings is 1. The van der Waals surface area contributed by atoms with Crippen molar-refractivity contribution in [1.29, 1.82) is 0 Å². The molecule has 5 rings (SSSR count). The van der Waals surface area contributed by atoms with Gasteiger partial charge in [-0.25, -0.2) is 4.98 Å². The number of carbonyl (C=O) groups excluding carboxylic acids is 1. The van der Waals surface area contributed by atoms with Gasteiger partial charge in [0.05, 0.1) is 30.2 Å². The lowest BCUT2D eigenvalue weighted by molar-refractivity contribution is -0.120. The van der Waals surface area contributed by atoms with E-state index in [-0.39, 0.29) is 11.9 Å². The van der Waals surface area contributed by atoms with Crippen molar-refractivity contribution in [1.82, 2.24) is 14.9 Å². The van der Waals surface area contributed by atoms with Crippen molar-refractivity contribution < 1.29 is 4.79 Å². The third-order valence-electron chi connectivity index (χ3n) is 6.18. The van der Waals surface area contributed by atoms with Gasteiger partial charge in [0.1, 0.15) is 5.82 Å². The Balaban J connectivity index is 1.26. The van der Waals surface area contributed by atoms with Crippen LogP contribution in [0.15, 0.2) is 67.0 Å². The van der Waals surface area contributed by atoms with Gasteiger partial charge in [-0.05, 0) is 68.1 Å². The number of hydrogen-bond donors (Lipinski definition) is 1. The van der Waals surface area contributed by atoms with Crippen molar-refractivity contribution in [3.8, 4) is 0 Å². The number of anilines is 3. The fourth-order valence-electron chi connectivity index (χ4n) is 4.66. The zero-order valence-corrected chi connectivity index (χ0v) is 17.6. The monoisotopic (exact) mass is 413 g/mol. The molecule has 0 saturated carbocycles. The molecule has 6 heteroatoms. The Bertz CT molecular complexity index is 1040. The first-order valence-corrected chi connectivity index (χ1v) is 11.0. The molecule has 0 aliphatic carbocycles.